The van der Waals surface area contributed by atoms with Gasteiger partial charge in [-0.1, -0.05) is 12.1 Å². The van der Waals surface area contributed by atoms with Crippen LogP contribution in [-0.4, -0.2) is 22.2 Å². The average molecular weight is 195 g/mol. The summed E-state index contributed by atoms with van der Waals surface area (Å²) in [6, 6.07) is 4.12. The van der Waals surface area contributed by atoms with Gasteiger partial charge in [0.15, 0.2) is 0 Å². The summed E-state index contributed by atoms with van der Waals surface area (Å²) in [5, 5.41) is 18.1. The normalized spacial score (nSPS) is 12.4. The van der Waals surface area contributed by atoms with Gasteiger partial charge in [0.2, 0.25) is 0 Å². The van der Waals surface area contributed by atoms with Crippen LogP contribution in [0.4, 0.5) is 0 Å². The van der Waals surface area contributed by atoms with Crippen molar-refractivity contribution < 1.29 is 15.0 Å². The second-order valence-corrected chi connectivity index (χ2v) is 3.28. The minimum atomic E-state index is -1.06. The highest BCUT2D eigenvalue weighted by molar-refractivity contribution is 5.73. The van der Waals surface area contributed by atoms with Gasteiger partial charge in [0.25, 0.3) is 0 Å². The van der Waals surface area contributed by atoms with E-state index in [0.717, 1.165) is 5.56 Å². The Bertz CT molecular complexity index is 349. The number of rotatable bonds is 3. The molecule has 4 heteroatoms. The summed E-state index contributed by atoms with van der Waals surface area (Å²) in [5.74, 6) is -0.966. The fourth-order valence-corrected chi connectivity index (χ4v) is 1.17. The smallest absolute Gasteiger partial charge is 0.320 e. The Morgan fingerprint density at radius 1 is 1.57 bits per heavy atom. The quantitative estimate of drug-likeness (QED) is 0.661. The SMILES string of the molecule is Cc1ccc(C[C@@H](N)C(=O)O)c(O)c1. The van der Waals surface area contributed by atoms with E-state index in [9.17, 15) is 9.90 Å². The number of benzene rings is 1. The maximum atomic E-state index is 10.5. The summed E-state index contributed by atoms with van der Waals surface area (Å²) in [6.45, 7) is 1.85. The van der Waals surface area contributed by atoms with Crippen LogP contribution in [0.3, 0.4) is 0 Å². The molecule has 0 saturated heterocycles. The molecule has 0 aliphatic carbocycles. The van der Waals surface area contributed by atoms with E-state index in [4.69, 9.17) is 10.8 Å². The van der Waals surface area contributed by atoms with Crippen molar-refractivity contribution in [1.29, 1.82) is 0 Å². The molecule has 0 fully saturated rings. The van der Waals surface area contributed by atoms with Gasteiger partial charge in [-0.05, 0) is 24.1 Å². The minimum absolute atomic E-state index is 0.0988. The van der Waals surface area contributed by atoms with E-state index in [1.807, 2.05) is 13.0 Å². The number of aromatic hydroxyl groups is 1. The third kappa shape index (κ3) is 2.47. The maximum absolute atomic E-state index is 10.5. The van der Waals surface area contributed by atoms with Crippen LogP contribution in [0.1, 0.15) is 11.1 Å². The number of phenolic OH excluding ortho intramolecular Hbond substituents is 1. The molecule has 1 aromatic rings. The molecule has 0 aliphatic heterocycles. The Labute approximate surface area is 82.0 Å². The Morgan fingerprint density at radius 2 is 2.21 bits per heavy atom. The zero-order valence-electron chi connectivity index (χ0n) is 7.90. The van der Waals surface area contributed by atoms with Crippen LogP contribution in [-0.2, 0) is 11.2 Å². The lowest BCUT2D eigenvalue weighted by molar-refractivity contribution is -0.138. The van der Waals surface area contributed by atoms with E-state index < -0.39 is 12.0 Å². The second-order valence-electron chi connectivity index (χ2n) is 3.28. The van der Waals surface area contributed by atoms with Crippen molar-refractivity contribution in [3.8, 4) is 5.75 Å². The van der Waals surface area contributed by atoms with Gasteiger partial charge in [-0.3, -0.25) is 4.79 Å². The molecule has 0 saturated carbocycles. The van der Waals surface area contributed by atoms with E-state index >= 15 is 0 Å². The Morgan fingerprint density at radius 3 is 2.71 bits per heavy atom. The van der Waals surface area contributed by atoms with Crippen LogP contribution in [0.2, 0.25) is 0 Å². The lowest BCUT2D eigenvalue weighted by Crippen LogP contribution is -2.32. The van der Waals surface area contributed by atoms with Gasteiger partial charge in [0.05, 0.1) is 0 Å². The fourth-order valence-electron chi connectivity index (χ4n) is 1.17. The highest BCUT2D eigenvalue weighted by atomic mass is 16.4. The molecule has 0 radical (unpaired) electrons. The molecule has 0 heterocycles. The highest BCUT2D eigenvalue weighted by Crippen LogP contribution is 2.19. The molecule has 0 aliphatic rings. The Balaban J connectivity index is 2.82. The second kappa shape index (κ2) is 4.11. The summed E-state index contributed by atoms with van der Waals surface area (Å²) in [7, 11) is 0. The molecule has 0 unspecified atom stereocenters. The zero-order chi connectivity index (χ0) is 10.7. The first-order valence-electron chi connectivity index (χ1n) is 4.27. The van der Waals surface area contributed by atoms with Crippen molar-refractivity contribution in [2.45, 2.75) is 19.4 Å². The van der Waals surface area contributed by atoms with Gasteiger partial charge in [-0.25, -0.2) is 0 Å². The van der Waals surface area contributed by atoms with Crippen molar-refractivity contribution in [3.63, 3.8) is 0 Å². The van der Waals surface area contributed by atoms with E-state index in [0.29, 0.717) is 5.56 Å². The van der Waals surface area contributed by atoms with E-state index in [-0.39, 0.29) is 12.2 Å². The molecule has 0 amide bonds. The van der Waals surface area contributed by atoms with E-state index in [1.54, 1.807) is 12.1 Å². The van der Waals surface area contributed by atoms with Crippen molar-refractivity contribution >= 4 is 5.97 Å². The van der Waals surface area contributed by atoms with Crippen LogP contribution >= 0.6 is 0 Å². The molecule has 4 N–H and O–H groups in total. The Hall–Kier alpha value is -1.55. The molecule has 1 rings (SSSR count). The van der Waals surface area contributed by atoms with Gasteiger partial charge in [0, 0.05) is 6.42 Å². The van der Waals surface area contributed by atoms with Gasteiger partial charge in [-0.2, -0.15) is 0 Å². The van der Waals surface area contributed by atoms with Gasteiger partial charge < -0.3 is 15.9 Å². The van der Waals surface area contributed by atoms with Crippen LogP contribution < -0.4 is 5.73 Å². The van der Waals surface area contributed by atoms with Crippen molar-refractivity contribution in [2.75, 3.05) is 0 Å². The molecule has 1 atom stereocenters. The third-order valence-electron chi connectivity index (χ3n) is 2.00. The third-order valence-corrected chi connectivity index (χ3v) is 2.00. The molecular formula is C10H13NO3. The zero-order valence-corrected chi connectivity index (χ0v) is 7.90. The van der Waals surface area contributed by atoms with Crippen LogP contribution in [0.5, 0.6) is 5.75 Å². The Kier molecular flexibility index (Phi) is 3.09. The first-order chi connectivity index (χ1) is 6.50. The molecule has 0 bridgehead atoms. The summed E-state index contributed by atoms with van der Waals surface area (Å²) in [4.78, 5) is 10.5. The van der Waals surface area contributed by atoms with Crippen molar-refractivity contribution in [3.05, 3.63) is 29.3 Å². The van der Waals surface area contributed by atoms with Gasteiger partial charge in [-0.15, -0.1) is 0 Å². The molecule has 76 valence electrons. The molecule has 0 spiro atoms. The topological polar surface area (TPSA) is 83.6 Å². The molecule has 4 nitrogen and oxygen atoms in total. The lowest BCUT2D eigenvalue weighted by Gasteiger charge is -2.08. The summed E-state index contributed by atoms with van der Waals surface area (Å²) < 4.78 is 0. The number of carboxylic acid groups (broad SMARTS) is 1. The standard InChI is InChI=1S/C10H13NO3/c1-6-2-3-7(9(12)4-6)5-8(11)10(13)14/h2-4,8,12H,5,11H2,1H3,(H,13,14)/t8-/m1/s1. The average Bonchev–Trinajstić information content (AvgIpc) is 2.09. The number of hydrogen-bond donors (Lipinski definition) is 3. The predicted molar refractivity (Wildman–Crippen MR) is 52.2 cm³/mol. The summed E-state index contributed by atoms with van der Waals surface area (Å²) in [5.41, 5.74) is 6.83. The number of nitrogens with two attached hydrogens (primary N) is 1. The molecular weight excluding hydrogens is 182 g/mol. The molecule has 1 aromatic carbocycles. The number of aliphatic carboxylic acids is 1. The maximum Gasteiger partial charge on any atom is 0.320 e. The summed E-state index contributed by atoms with van der Waals surface area (Å²) in [6.07, 6.45) is 0.140. The summed E-state index contributed by atoms with van der Waals surface area (Å²) >= 11 is 0. The predicted octanol–water partition coefficient (Wildman–Crippen LogP) is 0.655. The largest absolute Gasteiger partial charge is 0.508 e. The van der Waals surface area contributed by atoms with Gasteiger partial charge in [0.1, 0.15) is 11.8 Å². The van der Waals surface area contributed by atoms with Gasteiger partial charge >= 0.3 is 5.97 Å². The number of hydrogen-bond acceptors (Lipinski definition) is 3. The highest BCUT2D eigenvalue weighted by Gasteiger charge is 2.14. The minimum Gasteiger partial charge on any atom is -0.508 e. The lowest BCUT2D eigenvalue weighted by atomic mass is 10.0. The van der Waals surface area contributed by atoms with Crippen LogP contribution in [0.15, 0.2) is 18.2 Å². The fraction of sp³-hybridized carbons (Fsp3) is 0.300. The number of phenols is 1. The number of carbonyl (C=O) groups is 1. The number of carboxylic acids is 1. The molecule has 0 aromatic heterocycles. The molecule has 14 heavy (non-hydrogen) atoms. The van der Waals surface area contributed by atoms with E-state index in [1.165, 1.54) is 0 Å². The van der Waals surface area contributed by atoms with Crippen molar-refractivity contribution in [2.24, 2.45) is 5.73 Å². The van der Waals surface area contributed by atoms with E-state index in [2.05, 4.69) is 0 Å². The first kappa shape index (κ1) is 10.5. The first-order valence-corrected chi connectivity index (χ1v) is 4.27. The number of aryl methyl sites for hydroxylation is 1. The van der Waals surface area contributed by atoms with Crippen LogP contribution in [0, 0.1) is 6.92 Å². The van der Waals surface area contributed by atoms with Crippen LogP contribution in [0.25, 0.3) is 0 Å². The van der Waals surface area contributed by atoms with Crippen molar-refractivity contribution in [1.82, 2.24) is 0 Å². The monoisotopic (exact) mass is 195 g/mol.